The molecule has 0 radical (unpaired) electrons. The van der Waals surface area contributed by atoms with E-state index in [4.69, 9.17) is 0 Å². The van der Waals surface area contributed by atoms with Gasteiger partial charge in [0.1, 0.15) is 5.75 Å². The van der Waals surface area contributed by atoms with Gasteiger partial charge in [0.2, 0.25) is 0 Å². The van der Waals surface area contributed by atoms with Crippen LogP contribution in [-0.4, -0.2) is 11.1 Å². The molecule has 3 rings (SSSR count). The molecule has 0 aliphatic heterocycles. The van der Waals surface area contributed by atoms with Crippen LogP contribution in [0.1, 0.15) is 69.5 Å². The molecule has 2 aliphatic rings. The molecule has 1 saturated carbocycles. The van der Waals surface area contributed by atoms with Crippen LogP contribution in [0.3, 0.4) is 0 Å². The summed E-state index contributed by atoms with van der Waals surface area (Å²) in [6, 6.07) is 7.10. The van der Waals surface area contributed by atoms with E-state index in [1.165, 1.54) is 49.7 Å². The third-order valence-corrected chi connectivity index (χ3v) is 5.53. The van der Waals surface area contributed by atoms with E-state index in [9.17, 15) is 5.11 Å². The van der Waals surface area contributed by atoms with Gasteiger partial charge in [0.05, 0.1) is 0 Å². The Kier molecular flexibility index (Phi) is 4.54. The van der Waals surface area contributed by atoms with Gasteiger partial charge in [0.15, 0.2) is 0 Å². The maximum absolute atomic E-state index is 9.69. The van der Waals surface area contributed by atoms with Gasteiger partial charge in [-0.05, 0) is 67.2 Å². The van der Waals surface area contributed by atoms with Crippen LogP contribution in [0.5, 0.6) is 5.75 Å². The zero-order chi connectivity index (χ0) is 14.8. The molecule has 3 atom stereocenters. The van der Waals surface area contributed by atoms with Crippen molar-refractivity contribution in [3.63, 3.8) is 0 Å². The number of aryl methyl sites for hydroxylation is 1. The Balaban J connectivity index is 1.76. The second-order valence-corrected chi connectivity index (χ2v) is 7.29. The van der Waals surface area contributed by atoms with E-state index < -0.39 is 0 Å². The average Bonchev–Trinajstić information content (AvgIpc) is 2.47. The quantitative estimate of drug-likeness (QED) is 0.853. The Morgan fingerprint density at radius 1 is 1.10 bits per heavy atom. The first-order valence-corrected chi connectivity index (χ1v) is 8.73. The van der Waals surface area contributed by atoms with Crippen molar-refractivity contribution < 1.29 is 5.11 Å². The van der Waals surface area contributed by atoms with Crippen LogP contribution in [0.25, 0.3) is 0 Å². The number of hydrogen-bond acceptors (Lipinski definition) is 2. The summed E-state index contributed by atoms with van der Waals surface area (Å²) >= 11 is 0. The number of rotatable bonds is 3. The van der Waals surface area contributed by atoms with Gasteiger partial charge in [-0.2, -0.15) is 0 Å². The molecule has 116 valence electrons. The molecular formula is C19H29NO. The Morgan fingerprint density at radius 3 is 2.71 bits per heavy atom. The van der Waals surface area contributed by atoms with Crippen molar-refractivity contribution in [2.45, 2.75) is 70.9 Å². The van der Waals surface area contributed by atoms with Gasteiger partial charge < -0.3 is 10.4 Å². The molecule has 1 fully saturated rings. The monoisotopic (exact) mass is 287 g/mol. The van der Waals surface area contributed by atoms with Crippen LogP contribution in [0.2, 0.25) is 0 Å². The van der Waals surface area contributed by atoms with Crippen LogP contribution in [0.4, 0.5) is 0 Å². The number of phenols is 1. The third kappa shape index (κ3) is 3.26. The molecule has 0 heterocycles. The maximum Gasteiger partial charge on any atom is 0.115 e. The summed E-state index contributed by atoms with van der Waals surface area (Å²) in [6.45, 7) is 4.75. The Morgan fingerprint density at radius 2 is 1.90 bits per heavy atom. The number of aromatic hydroxyl groups is 1. The molecule has 21 heavy (non-hydrogen) atoms. The lowest BCUT2D eigenvalue weighted by Crippen LogP contribution is -2.43. The smallest absolute Gasteiger partial charge is 0.115 e. The Labute approximate surface area is 129 Å². The number of phenolic OH excluding ortho intramolecular Hbond substituents is 1. The molecule has 1 aromatic rings. The number of benzene rings is 1. The van der Waals surface area contributed by atoms with Gasteiger partial charge in [-0.1, -0.05) is 32.8 Å². The standard InChI is InChI=1S/C19H29NO/c1-13(2)16-7-3-4-8-18(16)20-19-9-5-6-14-12-15(21)10-11-17(14)19/h10-13,16,18-21H,3-9H2,1-2H3. The van der Waals surface area contributed by atoms with Crippen LogP contribution >= 0.6 is 0 Å². The van der Waals surface area contributed by atoms with Crippen molar-refractivity contribution >= 4 is 0 Å². The molecule has 2 heteroatoms. The summed E-state index contributed by atoms with van der Waals surface area (Å²) in [4.78, 5) is 0. The highest BCUT2D eigenvalue weighted by Crippen LogP contribution is 2.36. The van der Waals surface area contributed by atoms with E-state index in [0.717, 1.165) is 18.3 Å². The van der Waals surface area contributed by atoms with E-state index in [2.05, 4.69) is 25.2 Å². The molecular weight excluding hydrogens is 258 g/mol. The van der Waals surface area contributed by atoms with E-state index in [1.54, 1.807) is 0 Å². The summed E-state index contributed by atoms with van der Waals surface area (Å²) in [5, 5.41) is 13.7. The molecule has 3 unspecified atom stereocenters. The van der Waals surface area contributed by atoms with Crippen LogP contribution in [0, 0.1) is 11.8 Å². The van der Waals surface area contributed by atoms with E-state index >= 15 is 0 Å². The summed E-state index contributed by atoms with van der Waals surface area (Å²) in [7, 11) is 0. The lowest BCUT2D eigenvalue weighted by Gasteiger charge is -2.39. The minimum Gasteiger partial charge on any atom is -0.508 e. The summed E-state index contributed by atoms with van der Waals surface area (Å²) in [5.41, 5.74) is 2.77. The van der Waals surface area contributed by atoms with E-state index in [-0.39, 0.29) is 0 Å². The highest BCUT2D eigenvalue weighted by atomic mass is 16.3. The van der Waals surface area contributed by atoms with Gasteiger partial charge >= 0.3 is 0 Å². The number of hydrogen-bond donors (Lipinski definition) is 2. The predicted octanol–water partition coefficient (Wildman–Crippen LogP) is 4.57. The average molecular weight is 287 g/mol. The Bertz CT molecular complexity index is 482. The minimum atomic E-state index is 0.409. The van der Waals surface area contributed by atoms with E-state index in [1.807, 2.05) is 12.1 Å². The van der Waals surface area contributed by atoms with Crippen molar-refractivity contribution in [1.82, 2.24) is 5.32 Å². The fourth-order valence-electron chi connectivity index (χ4n) is 4.40. The summed E-state index contributed by atoms with van der Waals surface area (Å²) in [5.74, 6) is 2.00. The highest BCUT2D eigenvalue weighted by molar-refractivity contribution is 5.38. The first-order chi connectivity index (χ1) is 10.1. The van der Waals surface area contributed by atoms with Crippen molar-refractivity contribution in [2.24, 2.45) is 11.8 Å². The van der Waals surface area contributed by atoms with Gasteiger partial charge in [-0.25, -0.2) is 0 Å². The topological polar surface area (TPSA) is 32.3 Å². The molecule has 2 N–H and O–H groups in total. The van der Waals surface area contributed by atoms with Crippen LogP contribution in [-0.2, 0) is 6.42 Å². The lowest BCUT2D eigenvalue weighted by atomic mass is 9.76. The molecule has 0 amide bonds. The van der Waals surface area contributed by atoms with E-state index in [0.29, 0.717) is 17.8 Å². The highest BCUT2D eigenvalue weighted by Gasteiger charge is 2.30. The lowest BCUT2D eigenvalue weighted by molar-refractivity contribution is 0.187. The minimum absolute atomic E-state index is 0.409. The number of fused-ring (bicyclic) bond motifs is 1. The molecule has 2 nitrogen and oxygen atoms in total. The summed E-state index contributed by atoms with van der Waals surface area (Å²) in [6.07, 6.45) is 9.05. The molecule has 0 bridgehead atoms. The largest absolute Gasteiger partial charge is 0.508 e. The van der Waals surface area contributed by atoms with Crippen molar-refractivity contribution in [2.75, 3.05) is 0 Å². The normalized spacial score (nSPS) is 29.4. The number of nitrogens with one attached hydrogen (secondary N) is 1. The van der Waals surface area contributed by atoms with Gasteiger partial charge in [0, 0.05) is 12.1 Å². The van der Waals surface area contributed by atoms with Gasteiger partial charge in [-0.3, -0.25) is 0 Å². The second kappa shape index (κ2) is 6.39. The zero-order valence-corrected chi connectivity index (χ0v) is 13.4. The van der Waals surface area contributed by atoms with Crippen LogP contribution in [0.15, 0.2) is 18.2 Å². The molecule has 0 saturated heterocycles. The van der Waals surface area contributed by atoms with Crippen molar-refractivity contribution in [1.29, 1.82) is 0 Å². The molecule has 1 aromatic carbocycles. The van der Waals surface area contributed by atoms with Gasteiger partial charge in [0.25, 0.3) is 0 Å². The van der Waals surface area contributed by atoms with Crippen molar-refractivity contribution in [3.05, 3.63) is 29.3 Å². The fraction of sp³-hybridized carbons (Fsp3) is 0.684. The van der Waals surface area contributed by atoms with Gasteiger partial charge in [-0.15, -0.1) is 0 Å². The molecule has 0 aromatic heterocycles. The fourth-order valence-corrected chi connectivity index (χ4v) is 4.40. The summed E-state index contributed by atoms with van der Waals surface area (Å²) < 4.78 is 0. The molecule has 0 spiro atoms. The zero-order valence-electron chi connectivity index (χ0n) is 13.4. The second-order valence-electron chi connectivity index (χ2n) is 7.29. The van der Waals surface area contributed by atoms with Crippen LogP contribution < -0.4 is 5.32 Å². The maximum atomic E-state index is 9.69. The first kappa shape index (κ1) is 14.9. The third-order valence-electron chi connectivity index (χ3n) is 5.53. The SMILES string of the molecule is CC(C)C1CCCCC1NC1CCCc2cc(O)ccc21. The van der Waals surface area contributed by atoms with Crippen molar-refractivity contribution in [3.8, 4) is 5.75 Å². The predicted molar refractivity (Wildman–Crippen MR) is 87.5 cm³/mol. The first-order valence-electron chi connectivity index (χ1n) is 8.73. The Hall–Kier alpha value is -1.02. The molecule has 2 aliphatic carbocycles.